The molecule has 4 heteroatoms. The minimum Gasteiger partial charge on any atom is -0.348 e. The fraction of sp³-hybridized carbons (Fsp3) is 0.444. The number of hydrogen-bond donors (Lipinski definition) is 2. The van der Waals surface area contributed by atoms with Crippen LogP contribution in [0.3, 0.4) is 0 Å². The SMILES string of the molecule is C#CCSCCNCc1ncc[nH]1. The largest absolute Gasteiger partial charge is 0.348 e. The van der Waals surface area contributed by atoms with E-state index in [1.54, 1.807) is 18.0 Å². The Hall–Kier alpha value is -0.920. The third-order valence-corrected chi connectivity index (χ3v) is 2.32. The molecule has 0 spiro atoms. The Bertz CT molecular complexity index is 250. The van der Waals surface area contributed by atoms with Crippen molar-refractivity contribution in [1.82, 2.24) is 15.3 Å². The summed E-state index contributed by atoms with van der Waals surface area (Å²) in [5.74, 6) is 5.40. The second kappa shape index (κ2) is 6.58. The zero-order chi connectivity index (χ0) is 9.36. The number of thioether (sulfide) groups is 1. The van der Waals surface area contributed by atoms with Crippen molar-refractivity contribution in [3.8, 4) is 12.3 Å². The Morgan fingerprint density at radius 1 is 1.69 bits per heavy atom. The minimum absolute atomic E-state index is 0.794. The predicted octanol–water partition coefficient (Wildman–Crippen LogP) is 0.866. The van der Waals surface area contributed by atoms with E-state index in [0.29, 0.717) is 0 Å². The van der Waals surface area contributed by atoms with Crippen LogP contribution in [0.4, 0.5) is 0 Å². The van der Waals surface area contributed by atoms with Crippen LogP contribution in [0.2, 0.25) is 0 Å². The third-order valence-electron chi connectivity index (χ3n) is 1.46. The van der Waals surface area contributed by atoms with Crippen molar-refractivity contribution in [3.05, 3.63) is 18.2 Å². The van der Waals surface area contributed by atoms with E-state index >= 15 is 0 Å². The summed E-state index contributed by atoms with van der Waals surface area (Å²) in [5.41, 5.74) is 0. The smallest absolute Gasteiger partial charge is 0.120 e. The zero-order valence-electron chi connectivity index (χ0n) is 7.42. The standard InChI is InChI=1S/C9H13N3S/c1-2-6-13-7-5-10-8-9-11-3-4-12-9/h1,3-4,10H,5-8H2,(H,11,12). The lowest BCUT2D eigenvalue weighted by molar-refractivity contribution is 0.702. The Morgan fingerprint density at radius 3 is 3.31 bits per heavy atom. The van der Waals surface area contributed by atoms with Crippen molar-refractivity contribution >= 4 is 11.8 Å². The lowest BCUT2D eigenvalue weighted by Gasteiger charge is -2.00. The van der Waals surface area contributed by atoms with Gasteiger partial charge in [0, 0.05) is 24.7 Å². The Morgan fingerprint density at radius 2 is 2.62 bits per heavy atom. The topological polar surface area (TPSA) is 40.7 Å². The number of imidazole rings is 1. The average Bonchev–Trinajstić information content (AvgIpc) is 2.63. The number of terminal acetylenes is 1. The molecule has 0 radical (unpaired) electrons. The maximum absolute atomic E-state index is 5.11. The van der Waals surface area contributed by atoms with Gasteiger partial charge in [0.1, 0.15) is 5.82 Å². The van der Waals surface area contributed by atoms with Crippen molar-refractivity contribution in [2.45, 2.75) is 6.54 Å². The molecule has 0 atom stereocenters. The van der Waals surface area contributed by atoms with Crippen LogP contribution < -0.4 is 5.32 Å². The number of nitrogens with one attached hydrogen (secondary N) is 2. The Labute approximate surface area is 82.7 Å². The maximum Gasteiger partial charge on any atom is 0.120 e. The minimum atomic E-state index is 0.794. The normalized spacial score (nSPS) is 9.77. The lowest BCUT2D eigenvalue weighted by Crippen LogP contribution is -2.17. The molecule has 0 aliphatic heterocycles. The van der Waals surface area contributed by atoms with Crippen molar-refractivity contribution in [1.29, 1.82) is 0 Å². The summed E-state index contributed by atoms with van der Waals surface area (Å²) in [4.78, 5) is 7.12. The number of nitrogens with zero attached hydrogens (tertiary/aromatic N) is 1. The number of hydrogen-bond acceptors (Lipinski definition) is 3. The van der Waals surface area contributed by atoms with Crippen LogP contribution in [0.25, 0.3) is 0 Å². The molecule has 1 heterocycles. The highest BCUT2D eigenvalue weighted by atomic mass is 32.2. The van der Waals surface area contributed by atoms with Gasteiger partial charge in [-0.05, 0) is 0 Å². The molecule has 13 heavy (non-hydrogen) atoms. The van der Waals surface area contributed by atoms with Crippen LogP contribution >= 0.6 is 11.8 Å². The third kappa shape index (κ3) is 4.61. The summed E-state index contributed by atoms with van der Waals surface area (Å²) in [5, 5.41) is 3.26. The number of aromatic nitrogens is 2. The van der Waals surface area contributed by atoms with E-state index in [9.17, 15) is 0 Å². The molecule has 3 nitrogen and oxygen atoms in total. The van der Waals surface area contributed by atoms with Crippen LogP contribution in [0.15, 0.2) is 12.4 Å². The van der Waals surface area contributed by atoms with Gasteiger partial charge in [0.25, 0.3) is 0 Å². The van der Waals surface area contributed by atoms with Crippen LogP contribution in [0.1, 0.15) is 5.82 Å². The van der Waals surface area contributed by atoms with Gasteiger partial charge in [0.05, 0.1) is 12.3 Å². The first-order valence-corrected chi connectivity index (χ1v) is 5.29. The van der Waals surface area contributed by atoms with Crippen LogP contribution in [-0.2, 0) is 6.54 Å². The van der Waals surface area contributed by atoms with E-state index in [0.717, 1.165) is 30.4 Å². The van der Waals surface area contributed by atoms with Gasteiger partial charge in [0.15, 0.2) is 0 Å². The molecule has 0 unspecified atom stereocenters. The molecular weight excluding hydrogens is 182 g/mol. The van der Waals surface area contributed by atoms with E-state index in [-0.39, 0.29) is 0 Å². The summed E-state index contributed by atoms with van der Waals surface area (Å²) < 4.78 is 0. The molecule has 1 aromatic rings. The molecule has 0 aliphatic carbocycles. The van der Waals surface area contributed by atoms with E-state index < -0.39 is 0 Å². The number of aromatic amines is 1. The summed E-state index contributed by atoms with van der Waals surface area (Å²) in [6, 6.07) is 0. The molecule has 0 saturated carbocycles. The summed E-state index contributed by atoms with van der Waals surface area (Å²) in [7, 11) is 0. The zero-order valence-corrected chi connectivity index (χ0v) is 8.23. The highest BCUT2D eigenvalue weighted by Crippen LogP contribution is 1.95. The van der Waals surface area contributed by atoms with Crippen molar-refractivity contribution in [2.24, 2.45) is 0 Å². The first kappa shape index (κ1) is 10.2. The van der Waals surface area contributed by atoms with Gasteiger partial charge in [-0.3, -0.25) is 0 Å². The Balaban J connectivity index is 1.94. The highest BCUT2D eigenvalue weighted by Gasteiger charge is 1.92. The summed E-state index contributed by atoms with van der Waals surface area (Å²) in [6.45, 7) is 1.76. The lowest BCUT2D eigenvalue weighted by atomic mass is 10.6. The number of rotatable bonds is 6. The quantitative estimate of drug-likeness (QED) is 0.522. The van der Waals surface area contributed by atoms with Crippen LogP contribution in [0.5, 0.6) is 0 Å². The van der Waals surface area contributed by atoms with Crippen molar-refractivity contribution < 1.29 is 0 Å². The molecule has 1 aromatic heterocycles. The number of H-pyrrole nitrogens is 1. The molecule has 0 amide bonds. The average molecular weight is 195 g/mol. The fourth-order valence-corrected chi connectivity index (χ4v) is 1.43. The molecular formula is C9H13N3S. The summed E-state index contributed by atoms with van der Waals surface area (Å²) in [6.07, 6.45) is 8.69. The summed E-state index contributed by atoms with van der Waals surface area (Å²) >= 11 is 1.76. The first-order valence-electron chi connectivity index (χ1n) is 4.13. The maximum atomic E-state index is 5.11. The molecule has 0 bridgehead atoms. The van der Waals surface area contributed by atoms with Gasteiger partial charge in [-0.1, -0.05) is 5.92 Å². The molecule has 0 saturated heterocycles. The van der Waals surface area contributed by atoms with Gasteiger partial charge in [0.2, 0.25) is 0 Å². The first-order chi connectivity index (χ1) is 6.43. The van der Waals surface area contributed by atoms with Gasteiger partial charge in [-0.25, -0.2) is 4.98 Å². The molecule has 0 fully saturated rings. The fourth-order valence-electron chi connectivity index (χ4n) is 0.877. The van der Waals surface area contributed by atoms with E-state index in [2.05, 4.69) is 21.2 Å². The second-order valence-electron chi connectivity index (χ2n) is 2.47. The van der Waals surface area contributed by atoms with Gasteiger partial charge < -0.3 is 10.3 Å². The molecule has 1 rings (SSSR count). The predicted molar refractivity (Wildman–Crippen MR) is 56.5 cm³/mol. The van der Waals surface area contributed by atoms with Crippen LogP contribution in [0, 0.1) is 12.3 Å². The highest BCUT2D eigenvalue weighted by molar-refractivity contribution is 7.99. The van der Waals surface area contributed by atoms with Gasteiger partial charge in [-0.15, -0.1) is 18.2 Å². The molecule has 0 aliphatic rings. The van der Waals surface area contributed by atoms with E-state index in [1.165, 1.54) is 0 Å². The van der Waals surface area contributed by atoms with Crippen LogP contribution in [-0.4, -0.2) is 28.0 Å². The molecule has 2 N–H and O–H groups in total. The Kier molecular flexibility index (Phi) is 5.14. The molecule has 0 aromatic carbocycles. The van der Waals surface area contributed by atoms with E-state index in [4.69, 9.17) is 6.42 Å². The van der Waals surface area contributed by atoms with E-state index in [1.807, 2.05) is 6.20 Å². The van der Waals surface area contributed by atoms with Crippen molar-refractivity contribution in [3.63, 3.8) is 0 Å². The monoisotopic (exact) mass is 195 g/mol. The second-order valence-corrected chi connectivity index (χ2v) is 3.57. The van der Waals surface area contributed by atoms with Crippen molar-refractivity contribution in [2.75, 3.05) is 18.1 Å². The van der Waals surface area contributed by atoms with Gasteiger partial charge >= 0.3 is 0 Å². The van der Waals surface area contributed by atoms with Gasteiger partial charge in [-0.2, -0.15) is 0 Å². The molecule has 70 valence electrons.